The number of rotatable bonds is 6. The zero-order valence-corrected chi connectivity index (χ0v) is 11.9. The van der Waals surface area contributed by atoms with Crippen molar-refractivity contribution in [3.05, 3.63) is 53.9 Å². The topological polar surface area (TPSA) is 9.23 Å². The molecule has 1 aromatic carbocycles. The highest BCUT2D eigenvalue weighted by Crippen LogP contribution is 2.48. The summed E-state index contributed by atoms with van der Waals surface area (Å²) in [6, 6.07) is 10.1. The van der Waals surface area contributed by atoms with Crippen molar-refractivity contribution in [2.24, 2.45) is 0 Å². The van der Waals surface area contributed by atoms with E-state index in [1.807, 2.05) is 18.2 Å². The van der Waals surface area contributed by atoms with Crippen molar-refractivity contribution >= 4 is 23.8 Å². The molecule has 3 heteroatoms. The molecule has 0 aliphatic rings. The fourth-order valence-corrected chi connectivity index (χ4v) is 3.24. The molecule has 1 aromatic rings. The van der Waals surface area contributed by atoms with Crippen LogP contribution in [0.4, 0.5) is 0 Å². The Bertz CT molecular complexity index is 373. The number of hydrogen-bond acceptors (Lipinski definition) is 1. The number of benzene rings is 1. The van der Waals surface area contributed by atoms with Gasteiger partial charge in [-0.1, -0.05) is 66.7 Å². The van der Waals surface area contributed by atoms with Crippen LogP contribution in [0.5, 0.6) is 0 Å². The predicted molar refractivity (Wildman–Crippen MR) is 78.2 cm³/mol. The largest absolute Gasteiger partial charge is 0.380 e. The Labute approximate surface area is 110 Å². The van der Waals surface area contributed by atoms with Gasteiger partial charge >= 0.3 is 0 Å². The second-order valence-electron chi connectivity index (χ2n) is 3.54. The predicted octanol–water partition coefficient (Wildman–Crippen LogP) is 4.44. The first-order valence-electron chi connectivity index (χ1n) is 5.65. The van der Waals surface area contributed by atoms with Crippen LogP contribution in [0.2, 0.25) is 0 Å². The third-order valence-corrected chi connectivity index (χ3v) is 4.96. The number of allylic oxidation sites excluding steroid dienone is 3. The highest BCUT2D eigenvalue weighted by Gasteiger charge is 2.12. The van der Waals surface area contributed by atoms with Gasteiger partial charge in [-0.15, -0.1) is 0 Å². The minimum Gasteiger partial charge on any atom is -0.380 e. The summed E-state index contributed by atoms with van der Waals surface area (Å²) in [5.41, 5.74) is 0. The second kappa shape index (κ2) is 8.47. The summed E-state index contributed by atoms with van der Waals surface area (Å²) in [6.45, 7) is 2.69. The van der Waals surface area contributed by atoms with Crippen LogP contribution in [-0.2, 0) is 4.74 Å². The summed E-state index contributed by atoms with van der Waals surface area (Å²) in [5, 5.41) is 2.30. The molecule has 0 aliphatic carbocycles. The van der Waals surface area contributed by atoms with Crippen molar-refractivity contribution in [1.29, 1.82) is 0 Å². The highest BCUT2D eigenvalue weighted by molar-refractivity contribution is 7.93. The van der Waals surface area contributed by atoms with Crippen LogP contribution in [0.25, 0.3) is 0 Å². The van der Waals surface area contributed by atoms with Gasteiger partial charge in [0.25, 0.3) is 0 Å². The number of hydrogen-bond donors (Lipinski definition) is 0. The van der Waals surface area contributed by atoms with Crippen LogP contribution in [0.1, 0.15) is 13.3 Å². The third kappa shape index (κ3) is 5.04. The molecule has 92 valence electrons. The first-order valence-corrected chi connectivity index (χ1v) is 7.89. The van der Waals surface area contributed by atoms with Crippen LogP contribution in [0, 0.1) is 0 Å². The smallest absolute Gasteiger partial charge is 0.0731 e. The standard InChI is InChI=1S/C14H18ClOP/c1-3-4-6-11-14(12-16-2)17(15)13-9-7-5-8-10-13/h4-11H,3,12H2,1-2H3/b6-4-,14-11+. The van der Waals surface area contributed by atoms with Gasteiger partial charge in [0.15, 0.2) is 0 Å². The van der Waals surface area contributed by atoms with Gasteiger partial charge in [0.2, 0.25) is 0 Å². The lowest BCUT2D eigenvalue weighted by molar-refractivity contribution is 0.231. The molecular weight excluding hydrogens is 251 g/mol. The van der Waals surface area contributed by atoms with E-state index in [1.54, 1.807) is 7.11 Å². The van der Waals surface area contributed by atoms with E-state index in [2.05, 4.69) is 37.3 Å². The lowest BCUT2D eigenvalue weighted by atomic mass is 10.4. The van der Waals surface area contributed by atoms with E-state index < -0.39 is 7.27 Å². The summed E-state index contributed by atoms with van der Waals surface area (Å²) in [5.74, 6) is 0. The van der Waals surface area contributed by atoms with Gasteiger partial charge in [0.05, 0.1) is 13.9 Å². The maximum Gasteiger partial charge on any atom is 0.0731 e. The minimum absolute atomic E-state index is 0.582. The molecule has 0 fully saturated rings. The average Bonchev–Trinajstić information content (AvgIpc) is 2.38. The highest BCUT2D eigenvalue weighted by atomic mass is 35.7. The Kier molecular flexibility index (Phi) is 7.19. The van der Waals surface area contributed by atoms with E-state index in [1.165, 1.54) is 0 Å². The molecule has 0 radical (unpaired) electrons. The van der Waals surface area contributed by atoms with Gasteiger partial charge in [-0.05, 0) is 17.0 Å². The maximum absolute atomic E-state index is 6.51. The zero-order chi connectivity index (χ0) is 12.5. The lowest BCUT2D eigenvalue weighted by Crippen LogP contribution is -2.01. The molecule has 0 saturated carbocycles. The summed E-state index contributed by atoms with van der Waals surface area (Å²) >= 11 is 6.51. The average molecular weight is 269 g/mol. The first kappa shape index (κ1) is 14.4. The fraction of sp³-hybridized carbons (Fsp3) is 0.286. The molecule has 1 rings (SSSR count). The fourth-order valence-electron chi connectivity index (χ4n) is 1.36. The molecule has 0 spiro atoms. The molecule has 1 atom stereocenters. The van der Waals surface area contributed by atoms with Crippen molar-refractivity contribution in [1.82, 2.24) is 0 Å². The SMILES string of the molecule is CC/C=C\C=C(/COC)P(Cl)c1ccccc1. The van der Waals surface area contributed by atoms with Gasteiger partial charge < -0.3 is 4.74 Å². The first-order chi connectivity index (χ1) is 8.29. The molecule has 0 bridgehead atoms. The Hall–Kier alpha value is -0.620. The van der Waals surface area contributed by atoms with Crippen LogP contribution >= 0.6 is 18.5 Å². The van der Waals surface area contributed by atoms with Crippen molar-refractivity contribution in [3.8, 4) is 0 Å². The van der Waals surface area contributed by atoms with Crippen LogP contribution in [-0.4, -0.2) is 13.7 Å². The monoisotopic (exact) mass is 268 g/mol. The molecular formula is C14H18ClOP. The Morgan fingerprint density at radius 1 is 1.35 bits per heavy atom. The van der Waals surface area contributed by atoms with E-state index >= 15 is 0 Å². The van der Waals surface area contributed by atoms with E-state index in [-0.39, 0.29) is 0 Å². The lowest BCUT2D eigenvalue weighted by Gasteiger charge is -2.13. The quantitative estimate of drug-likeness (QED) is 0.547. The van der Waals surface area contributed by atoms with Crippen LogP contribution < -0.4 is 5.30 Å². The van der Waals surface area contributed by atoms with E-state index in [0.29, 0.717) is 6.61 Å². The third-order valence-electron chi connectivity index (χ3n) is 2.19. The zero-order valence-electron chi connectivity index (χ0n) is 10.3. The molecule has 1 nitrogen and oxygen atoms in total. The summed E-state index contributed by atoms with van der Waals surface area (Å²) < 4.78 is 5.21. The maximum atomic E-state index is 6.51. The molecule has 1 unspecified atom stereocenters. The van der Waals surface area contributed by atoms with Crippen LogP contribution in [0.3, 0.4) is 0 Å². The molecule has 17 heavy (non-hydrogen) atoms. The number of methoxy groups -OCH3 is 1. The summed E-state index contributed by atoms with van der Waals surface area (Å²) in [6.07, 6.45) is 7.26. The van der Waals surface area contributed by atoms with Gasteiger partial charge in [-0.25, -0.2) is 0 Å². The van der Waals surface area contributed by atoms with Crippen molar-refractivity contribution in [2.75, 3.05) is 13.7 Å². The number of ether oxygens (including phenoxy) is 1. The molecule has 0 amide bonds. The minimum atomic E-state index is -0.805. The van der Waals surface area contributed by atoms with E-state index in [9.17, 15) is 0 Å². The Morgan fingerprint density at radius 3 is 2.65 bits per heavy atom. The summed E-state index contributed by atoms with van der Waals surface area (Å²) in [7, 11) is 0.892. The molecule has 0 saturated heterocycles. The van der Waals surface area contributed by atoms with Crippen molar-refractivity contribution < 1.29 is 4.74 Å². The van der Waals surface area contributed by atoms with Crippen molar-refractivity contribution in [3.63, 3.8) is 0 Å². The van der Waals surface area contributed by atoms with Gasteiger partial charge in [0.1, 0.15) is 0 Å². The van der Waals surface area contributed by atoms with Gasteiger partial charge in [-0.2, -0.15) is 0 Å². The van der Waals surface area contributed by atoms with E-state index in [0.717, 1.165) is 17.0 Å². The van der Waals surface area contributed by atoms with Gasteiger partial charge in [-0.3, -0.25) is 0 Å². The van der Waals surface area contributed by atoms with E-state index in [4.69, 9.17) is 16.0 Å². The number of halogens is 1. The van der Waals surface area contributed by atoms with Crippen molar-refractivity contribution in [2.45, 2.75) is 13.3 Å². The normalized spacial score (nSPS) is 14.2. The van der Waals surface area contributed by atoms with Crippen LogP contribution in [0.15, 0.2) is 53.9 Å². The molecule has 0 N–H and O–H groups in total. The second-order valence-corrected chi connectivity index (χ2v) is 6.21. The van der Waals surface area contributed by atoms with Gasteiger partial charge in [0, 0.05) is 7.11 Å². The summed E-state index contributed by atoms with van der Waals surface area (Å²) in [4.78, 5) is 0. The molecule has 0 heterocycles. The molecule has 0 aliphatic heterocycles. The Balaban J connectivity index is 2.83. The Morgan fingerprint density at radius 2 is 2.06 bits per heavy atom. The molecule has 0 aromatic heterocycles.